The summed E-state index contributed by atoms with van der Waals surface area (Å²) in [5.74, 6) is 0.920. The van der Waals surface area contributed by atoms with E-state index in [2.05, 4.69) is 29.3 Å². The largest absolute Gasteiger partial charge is 0.479 e. The quantitative estimate of drug-likeness (QED) is 0.689. The van der Waals surface area contributed by atoms with Gasteiger partial charge in [0.2, 0.25) is 0 Å². The lowest BCUT2D eigenvalue weighted by molar-refractivity contribution is 0.338. The second kappa shape index (κ2) is 4.08. The Morgan fingerprint density at radius 3 is 2.69 bits per heavy atom. The standard InChI is InChI=1S/C11H13NO/c1-2-4-10(5-3-1)6-7-11-12-8-9-13-11/h1-5H,6-9H2. The van der Waals surface area contributed by atoms with Crippen molar-refractivity contribution < 1.29 is 4.74 Å². The molecule has 1 aromatic carbocycles. The van der Waals surface area contributed by atoms with Crippen LogP contribution in [0.3, 0.4) is 0 Å². The van der Waals surface area contributed by atoms with Crippen LogP contribution in [0.1, 0.15) is 12.0 Å². The predicted octanol–water partition coefficient (Wildman–Crippen LogP) is 2.05. The van der Waals surface area contributed by atoms with E-state index in [1.54, 1.807) is 0 Å². The molecule has 0 radical (unpaired) electrons. The first-order valence-corrected chi connectivity index (χ1v) is 4.65. The highest BCUT2D eigenvalue weighted by Gasteiger charge is 2.06. The number of ether oxygens (including phenoxy) is 1. The van der Waals surface area contributed by atoms with E-state index in [0.717, 1.165) is 31.9 Å². The Morgan fingerprint density at radius 2 is 2.00 bits per heavy atom. The van der Waals surface area contributed by atoms with E-state index in [9.17, 15) is 0 Å². The Morgan fingerprint density at radius 1 is 1.15 bits per heavy atom. The minimum atomic E-state index is 0.768. The SMILES string of the molecule is c1ccc(CCC2=NCCO2)cc1. The zero-order valence-electron chi connectivity index (χ0n) is 7.57. The van der Waals surface area contributed by atoms with Crippen LogP contribution in [0, 0.1) is 0 Å². The number of nitrogens with zero attached hydrogens (tertiary/aromatic N) is 1. The third-order valence-electron chi connectivity index (χ3n) is 2.12. The van der Waals surface area contributed by atoms with Crippen molar-refractivity contribution in [3.8, 4) is 0 Å². The highest BCUT2D eigenvalue weighted by molar-refractivity contribution is 5.77. The summed E-state index contributed by atoms with van der Waals surface area (Å²) in [7, 11) is 0. The van der Waals surface area contributed by atoms with Crippen molar-refractivity contribution >= 4 is 5.90 Å². The fraction of sp³-hybridized carbons (Fsp3) is 0.364. The molecule has 0 fully saturated rings. The van der Waals surface area contributed by atoms with Crippen LogP contribution in [0.4, 0.5) is 0 Å². The Bertz CT molecular complexity index is 292. The van der Waals surface area contributed by atoms with Crippen LogP contribution in [-0.4, -0.2) is 19.0 Å². The molecule has 13 heavy (non-hydrogen) atoms. The maximum absolute atomic E-state index is 5.32. The molecule has 1 aromatic rings. The minimum Gasteiger partial charge on any atom is -0.479 e. The number of rotatable bonds is 3. The van der Waals surface area contributed by atoms with Gasteiger partial charge in [-0.3, -0.25) is 4.99 Å². The molecule has 0 aromatic heterocycles. The first-order chi connectivity index (χ1) is 6.45. The highest BCUT2D eigenvalue weighted by atomic mass is 16.5. The van der Waals surface area contributed by atoms with Crippen LogP contribution in [0.5, 0.6) is 0 Å². The molecule has 0 bridgehead atoms. The van der Waals surface area contributed by atoms with Crippen molar-refractivity contribution in [3.05, 3.63) is 35.9 Å². The predicted molar refractivity (Wildman–Crippen MR) is 53.0 cm³/mol. The van der Waals surface area contributed by atoms with Gasteiger partial charge in [-0.2, -0.15) is 0 Å². The molecule has 0 N–H and O–H groups in total. The normalized spacial score (nSPS) is 15.2. The number of hydrogen-bond acceptors (Lipinski definition) is 2. The molecule has 2 heteroatoms. The summed E-state index contributed by atoms with van der Waals surface area (Å²) in [4.78, 5) is 4.25. The van der Waals surface area contributed by atoms with Gasteiger partial charge < -0.3 is 4.74 Å². The van der Waals surface area contributed by atoms with Crippen LogP contribution in [-0.2, 0) is 11.2 Å². The van der Waals surface area contributed by atoms with Gasteiger partial charge in [0, 0.05) is 6.42 Å². The molecule has 0 atom stereocenters. The summed E-state index contributed by atoms with van der Waals surface area (Å²) in [6, 6.07) is 10.4. The van der Waals surface area contributed by atoms with E-state index in [0.29, 0.717) is 0 Å². The van der Waals surface area contributed by atoms with Gasteiger partial charge in [-0.1, -0.05) is 30.3 Å². The first kappa shape index (κ1) is 8.30. The summed E-state index contributed by atoms with van der Waals surface area (Å²) in [6.45, 7) is 1.61. The molecule has 0 amide bonds. The Balaban J connectivity index is 1.86. The van der Waals surface area contributed by atoms with Gasteiger partial charge in [0.1, 0.15) is 6.61 Å². The van der Waals surface area contributed by atoms with Crippen LogP contribution >= 0.6 is 0 Å². The molecule has 1 aliphatic heterocycles. The number of benzene rings is 1. The fourth-order valence-electron chi connectivity index (χ4n) is 1.43. The van der Waals surface area contributed by atoms with Crippen molar-refractivity contribution in [1.29, 1.82) is 0 Å². The molecule has 0 saturated carbocycles. The van der Waals surface area contributed by atoms with Crippen LogP contribution in [0.2, 0.25) is 0 Å². The average molecular weight is 175 g/mol. The van der Waals surface area contributed by atoms with E-state index in [-0.39, 0.29) is 0 Å². The second-order valence-corrected chi connectivity index (χ2v) is 3.11. The lowest BCUT2D eigenvalue weighted by atomic mass is 10.1. The van der Waals surface area contributed by atoms with Crippen LogP contribution < -0.4 is 0 Å². The third-order valence-corrected chi connectivity index (χ3v) is 2.12. The Labute approximate surface area is 78.3 Å². The van der Waals surface area contributed by atoms with Crippen molar-refractivity contribution in [2.45, 2.75) is 12.8 Å². The second-order valence-electron chi connectivity index (χ2n) is 3.11. The molecule has 0 spiro atoms. The summed E-state index contributed by atoms with van der Waals surface area (Å²) >= 11 is 0. The molecular weight excluding hydrogens is 162 g/mol. The van der Waals surface area contributed by atoms with E-state index < -0.39 is 0 Å². The monoisotopic (exact) mass is 175 g/mol. The minimum absolute atomic E-state index is 0.768. The number of aliphatic imine (C=N–C) groups is 1. The van der Waals surface area contributed by atoms with Gasteiger partial charge in [-0.25, -0.2) is 0 Å². The summed E-state index contributed by atoms with van der Waals surface area (Å²) < 4.78 is 5.32. The van der Waals surface area contributed by atoms with Gasteiger partial charge in [0.05, 0.1) is 6.54 Å². The molecule has 2 rings (SSSR count). The van der Waals surface area contributed by atoms with Crippen molar-refractivity contribution in [3.63, 3.8) is 0 Å². The Hall–Kier alpha value is -1.31. The molecule has 1 aliphatic rings. The summed E-state index contributed by atoms with van der Waals surface area (Å²) in [6.07, 6.45) is 1.96. The topological polar surface area (TPSA) is 21.6 Å². The summed E-state index contributed by atoms with van der Waals surface area (Å²) in [5.41, 5.74) is 1.35. The van der Waals surface area contributed by atoms with Gasteiger partial charge in [0.15, 0.2) is 5.90 Å². The maximum atomic E-state index is 5.32. The van der Waals surface area contributed by atoms with Crippen molar-refractivity contribution in [2.75, 3.05) is 13.2 Å². The lowest BCUT2D eigenvalue weighted by Crippen LogP contribution is -2.00. The van der Waals surface area contributed by atoms with Gasteiger partial charge in [-0.15, -0.1) is 0 Å². The highest BCUT2D eigenvalue weighted by Crippen LogP contribution is 2.06. The fourth-order valence-corrected chi connectivity index (χ4v) is 1.43. The average Bonchev–Trinajstić information content (AvgIpc) is 2.69. The number of hydrogen-bond donors (Lipinski definition) is 0. The first-order valence-electron chi connectivity index (χ1n) is 4.65. The molecule has 1 heterocycles. The van der Waals surface area contributed by atoms with Crippen molar-refractivity contribution in [1.82, 2.24) is 0 Å². The zero-order chi connectivity index (χ0) is 8.93. The molecule has 0 saturated heterocycles. The van der Waals surface area contributed by atoms with E-state index >= 15 is 0 Å². The summed E-state index contributed by atoms with van der Waals surface area (Å²) in [5, 5.41) is 0. The lowest BCUT2D eigenvalue weighted by Gasteiger charge is -2.01. The van der Waals surface area contributed by atoms with Gasteiger partial charge in [0.25, 0.3) is 0 Å². The zero-order valence-corrected chi connectivity index (χ0v) is 7.57. The van der Waals surface area contributed by atoms with Gasteiger partial charge in [-0.05, 0) is 12.0 Å². The smallest absolute Gasteiger partial charge is 0.183 e. The van der Waals surface area contributed by atoms with E-state index in [1.165, 1.54) is 5.56 Å². The van der Waals surface area contributed by atoms with E-state index in [4.69, 9.17) is 4.74 Å². The molecule has 2 nitrogen and oxygen atoms in total. The molecule has 68 valence electrons. The maximum Gasteiger partial charge on any atom is 0.183 e. The molecular formula is C11H13NO. The Kier molecular flexibility index (Phi) is 2.60. The van der Waals surface area contributed by atoms with Crippen molar-refractivity contribution in [2.24, 2.45) is 4.99 Å². The van der Waals surface area contributed by atoms with Crippen LogP contribution in [0.25, 0.3) is 0 Å². The molecule has 0 unspecified atom stereocenters. The van der Waals surface area contributed by atoms with Gasteiger partial charge >= 0.3 is 0 Å². The third kappa shape index (κ3) is 2.31. The molecule has 0 aliphatic carbocycles. The number of aryl methyl sites for hydroxylation is 1. The van der Waals surface area contributed by atoms with E-state index in [1.807, 2.05) is 6.07 Å². The van der Waals surface area contributed by atoms with Crippen LogP contribution in [0.15, 0.2) is 35.3 Å².